The molecule has 2 aromatic carbocycles. The minimum Gasteiger partial charge on any atom is -0.508 e. The van der Waals surface area contributed by atoms with Crippen LogP contribution in [0.4, 0.5) is 0 Å². The molecule has 0 amide bonds. The molecule has 0 aliphatic carbocycles. The van der Waals surface area contributed by atoms with Crippen molar-refractivity contribution in [3.8, 4) is 34.3 Å². The Morgan fingerprint density at radius 3 is 2.02 bits per heavy atom. The Morgan fingerprint density at radius 2 is 1.41 bits per heavy atom. The number of ether oxygens (including phenoxy) is 4. The predicted octanol–water partition coefficient (Wildman–Crippen LogP) is -2.68. The van der Waals surface area contributed by atoms with Crippen LogP contribution in [0.1, 0.15) is 0 Å². The van der Waals surface area contributed by atoms with Crippen LogP contribution in [0.5, 0.6) is 23.0 Å². The number of carboxylic acid groups (broad SMARTS) is 1. The molecule has 10 atom stereocenters. The molecule has 0 saturated carbocycles. The van der Waals surface area contributed by atoms with E-state index in [2.05, 4.69) is 0 Å². The van der Waals surface area contributed by atoms with E-state index in [-0.39, 0.29) is 28.4 Å². The smallest absolute Gasteiger partial charge is 0.335 e. The monoisotopic (exact) mass is 624 g/mol. The zero-order chi connectivity index (χ0) is 32.0. The maximum atomic E-state index is 13.7. The Morgan fingerprint density at radius 1 is 0.795 bits per heavy atom. The van der Waals surface area contributed by atoms with Gasteiger partial charge in [0.05, 0.1) is 6.61 Å². The average Bonchev–Trinajstić information content (AvgIpc) is 2.98. The first-order valence-electron chi connectivity index (χ1n) is 13.0. The lowest BCUT2D eigenvalue weighted by molar-refractivity contribution is -0.277. The van der Waals surface area contributed by atoms with Gasteiger partial charge in [0.15, 0.2) is 11.9 Å². The van der Waals surface area contributed by atoms with Gasteiger partial charge in [-0.05, 0) is 24.3 Å². The van der Waals surface area contributed by atoms with Gasteiger partial charge in [0.25, 0.3) is 0 Å². The van der Waals surface area contributed by atoms with Crippen molar-refractivity contribution in [3.63, 3.8) is 0 Å². The maximum absolute atomic E-state index is 13.7. The van der Waals surface area contributed by atoms with Gasteiger partial charge in [0, 0.05) is 17.7 Å². The molecule has 0 spiro atoms. The van der Waals surface area contributed by atoms with Crippen LogP contribution in [0, 0.1) is 0 Å². The molecular formula is C27H28O17. The van der Waals surface area contributed by atoms with Crippen LogP contribution < -0.4 is 14.9 Å². The van der Waals surface area contributed by atoms with E-state index in [0.717, 1.165) is 12.1 Å². The van der Waals surface area contributed by atoms with E-state index in [1.54, 1.807) is 0 Å². The lowest BCUT2D eigenvalue weighted by Gasteiger charge is -2.39. The average molecular weight is 625 g/mol. The number of aliphatic carboxylic acids is 1. The van der Waals surface area contributed by atoms with Gasteiger partial charge in [0.2, 0.25) is 23.8 Å². The van der Waals surface area contributed by atoms with E-state index in [4.69, 9.17) is 23.4 Å². The van der Waals surface area contributed by atoms with E-state index < -0.39 is 96.3 Å². The molecule has 0 bridgehead atoms. The number of fused-ring (bicyclic) bond motifs is 1. The van der Waals surface area contributed by atoms with Crippen LogP contribution in [-0.2, 0) is 14.3 Å². The Labute approximate surface area is 245 Å². The fourth-order valence-electron chi connectivity index (χ4n) is 4.80. The third kappa shape index (κ3) is 5.63. The van der Waals surface area contributed by atoms with Crippen LogP contribution in [0.3, 0.4) is 0 Å². The zero-order valence-electron chi connectivity index (χ0n) is 22.3. The molecule has 3 heterocycles. The molecule has 3 aromatic rings. The largest absolute Gasteiger partial charge is 0.508 e. The summed E-state index contributed by atoms with van der Waals surface area (Å²) < 4.78 is 27.4. The molecule has 2 aliphatic heterocycles. The lowest BCUT2D eigenvalue weighted by Crippen LogP contribution is -2.61. The quantitative estimate of drug-likeness (QED) is 0.128. The van der Waals surface area contributed by atoms with Crippen LogP contribution in [0.15, 0.2) is 45.6 Å². The van der Waals surface area contributed by atoms with E-state index in [0.29, 0.717) is 0 Å². The number of hydrogen-bond donors (Lipinski definition) is 10. The van der Waals surface area contributed by atoms with Gasteiger partial charge in [-0.15, -0.1) is 0 Å². The molecule has 2 saturated heterocycles. The molecule has 5 rings (SSSR count). The summed E-state index contributed by atoms with van der Waals surface area (Å²) in [4.78, 5) is 25.1. The first-order valence-corrected chi connectivity index (χ1v) is 13.0. The molecule has 17 heteroatoms. The van der Waals surface area contributed by atoms with Crippen molar-refractivity contribution in [2.45, 2.75) is 61.4 Å². The van der Waals surface area contributed by atoms with Crippen molar-refractivity contribution in [2.75, 3.05) is 6.61 Å². The summed E-state index contributed by atoms with van der Waals surface area (Å²) in [6.45, 7) is -0.784. The number of hydrogen-bond acceptors (Lipinski definition) is 16. The summed E-state index contributed by atoms with van der Waals surface area (Å²) in [5.41, 5.74) is -1.26. The molecule has 2 aliphatic rings. The number of aliphatic hydroxyl groups is 7. The highest BCUT2D eigenvalue weighted by Crippen LogP contribution is 2.38. The van der Waals surface area contributed by atoms with Gasteiger partial charge in [-0.2, -0.15) is 0 Å². The molecule has 0 radical (unpaired) electrons. The molecule has 10 N–H and O–H groups in total. The molecule has 238 valence electrons. The highest BCUT2D eigenvalue weighted by atomic mass is 16.7. The zero-order valence-corrected chi connectivity index (χ0v) is 22.3. The third-order valence-corrected chi connectivity index (χ3v) is 7.18. The minimum absolute atomic E-state index is 0.125. The van der Waals surface area contributed by atoms with E-state index in [1.807, 2.05) is 0 Å². The number of benzene rings is 2. The molecular weight excluding hydrogens is 596 g/mol. The number of carbonyl (C=O) groups is 1. The minimum atomic E-state index is -1.99. The maximum Gasteiger partial charge on any atom is 0.335 e. The van der Waals surface area contributed by atoms with Gasteiger partial charge in [-0.25, -0.2) is 4.79 Å². The van der Waals surface area contributed by atoms with Gasteiger partial charge >= 0.3 is 5.97 Å². The molecule has 17 nitrogen and oxygen atoms in total. The SMILES string of the molecule is O=C(O)C1OC(Oc2cc(O)c3c(=O)c(OC4OC(CO)C(O)C(O)C4O)c(-c4ccc(O)cc4)oc3c2)C(O)C(O)C1O. The normalized spacial score (nSPS) is 32.3. The summed E-state index contributed by atoms with van der Waals surface area (Å²) in [5, 5.41) is 99.8. The summed E-state index contributed by atoms with van der Waals surface area (Å²) >= 11 is 0. The highest BCUT2D eigenvalue weighted by molar-refractivity contribution is 5.88. The van der Waals surface area contributed by atoms with Gasteiger partial charge in [-0.3, -0.25) is 4.79 Å². The number of phenolic OH excluding ortho intramolecular Hbond substituents is 2. The van der Waals surface area contributed by atoms with Crippen molar-refractivity contribution < 1.29 is 79.2 Å². The van der Waals surface area contributed by atoms with Crippen LogP contribution in [-0.4, -0.2) is 125 Å². The van der Waals surface area contributed by atoms with E-state index in [1.165, 1.54) is 24.3 Å². The van der Waals surface area contributed by atoms with Crippen molar-refractivity contribution in [3.05, 3.63) is 46.6 Å². The number of aliphatic hydroxyl groups excluding tert-OH is 7. The van der Waals surface area contributed by atoms with Crippen molar-refractivity contribution in [1.82, 2.24) is 0 Å². The van der Waals surface area contributed by atoms with Crippen LogP contribution in [0.2, 0.25) is 0 Å². The molecule has 2 fully saturated rings. The standard InChI is InChI=1S/C27H28O17/c28-7-13-15(31)17(33)20(36)27(42-13)43-23-16(32)14-11(30)5-10(6-12(14)41-22(23)8-1-3-9(29)4-2-8)40-26-21(37)18(34)19(35)24(44-26)25(38)39/h1-6,13,15,17-21,24,26-31,33-37H,7H2,(H,38,39). The van der Waals surface area contributed by atoms with Gasteiger partial charge in [0.1, 0.15) is 70.9 Å². The Balaban J connectivity index is 1.58. The van der Waals surface area contributed by atoms with E-state index >= 15 is 0 Å². The molecule has 44 heavy (non-hydrogen) atoms. The first kappa shape index (κ1) is 31.4. The number of aromatic hydroxyl groups is 2. The summed E-state index contributed by atoms with van der Waals surface area (Å²) in [6.07, 6.45) is -18.4. The summed E-state index contributed by atoms with van der Waals surface area (Å²) in [7, 11) is 0. The second-order valence-corrected chi connectivity index (χ2v) is 10.1. The molecule has 10 unspecified atom stereocenters. The highest BCUT2D eigenvalue weighted by Gasteiger charge is 2.48. The Hall–Kier alpha value is -4.04. The fraction of sp³-hybridized carbons (Fsp3) is 0.407. The van der Waals surface area contributed by atoms with Crippen LogP contribution in [0.25, 0.3) is 22.3 Å². The number of rotatable bonds is 7. The Bertz CT molecular complexity index is 1570. The van der Waals surface area contributed by atoms with E-state index in [9.17, 15) is 60.7 Å². The fourth-order valence-corrected chi connectivity index (χ4v) is 4.80. The summed E-state index contributed by atoms with van der Waals surface area (Å²) in [5.74, 6) is -3.91. The number of phenols is 2. The second-order valence-electron chi connectivity index (χ2n) is 10.1. The topological polar surface area (TPSA) is 286 Å². The lowest BCUT2D eigenvalue weighted by atomic mass is 9.99. The van der Waals surface area contributed by atoms with Gasteiger partial charge in [-0.1, -0.05) is 0 Å². The Kier molecular flexibility index (Phi) is 8.67. The molecule has 1 aromatic heterocycles. The van der Waals surface area contributed by atoms with Crippen molar-refractivity contribution in [1.29, 1.82) is 0 Å². The van der Waals surface area contributed by atoms with Crippen LogP contribution >= 0.6 is 0 Å². The summed E-state index contributed by atoms with van der Waals surface area (Å²) in [6, 6.07) is 7.07. The van der Waals surface area contributed by atoms with Crippen molar-refractivity contribution in [2.24, 2.45) is 0 Å². The first-order chi connectivity index (χ1) is 20.8. The second kappa shape index (κ2) is 12.2. The third-order valence-electron chi connectivity index (χ3n) is 7.18. The number of carboxylic acids is 1. The predicted molar refractivity (Wildman–Crippen MR) is 141 cm³/mol. The van der Waals surface area contributed by atoms with Crippen molar-refractivity contribution >= 4 is 16.9 Å². The van der Waals surface area contributed by atoms with Gasteiger partial charge < -0.3 is 74.4 Å².